The van der Waals surface area contributed by atoms with Crippen LogP contribution >= 0.6 is 0 Å². The van der Waals surface area contributed by atoms with Gasteiger partial charge in [-0.3, -0.25) is 9.11 Å². The summed E-state index contributed by atoms with van der Waals surface area (Å²) in [4.78, 5) is -1.32. The van der Waals surface area contributed by atoms with Gasteiger partial charge < -0.3 is 5.73 Å². The Labute approximate surface area is 154 Å². The highest BCUT2D eigenvalue weighted by Crippen LogP contribution is 2.31. The van der Waals surface area contributed by atoms with E-state index in [0.717, 1.165) is 6.07 Å². The molecule has 4 N–H and O–H groups in total. The van der Waals surface area contributed by atoms with Crippen LogP contribution in [0.3, 0.4) is 0 Å². The van der Waals surface area contributed by atoms with Crippen LogP contribution in [0.2, 0.25) is 0 Å². The van der Waals surface area contributed by atoms with E-state index in [1.54, 1.807) is 24.3 Å². The second-order valence-electron chi connectivity index (χ2n) is 5.57. The molecule has 0 saturated heterocycles. The lowest BCUT2D eigenvalue weighted by atomic mass is 10.1. The Balaban J connectivity index is 2.15. The van der Waals surface area contributed by atoms with Crippen LogP contribution in [0, 0.1) is 0 Å². The van der Waals surface area contributed by atoms with Crippen LogP contribution in [-0.2, 0) is 20.2 Å². The average Bonchev–Trinajstić information content (AvgIpc) is 2.58. The number of hydrogen-bond acceptors (Lipinski definition) is 7. The van der Waals surface area contributed by atoms with Gasteiger partial charge in [0.1, 0.15) is 4.90 Å². The maximum absolute atomic E-state index is 11.7. The number of azo groups is 1. The number of nitrogens with zero attached hydrogens (tertiary/aromatic N) is 2. The van der Waals surface area contributed by atoms with Crippen molar-refractivity contribution in [1.29, 1.82) is 0 Å². The Morgan fingerprint density at radius 3 is 1.93 bits per heavy atom. The van der Waals surface area contributed by atoms with Crippen molar-refractivity contribution in [2.45, 2.75) is 9.79 Å². The molecule has 3 aromatic carbocycles. The van der Waals surface area contributed by atoms with E-state index in [9.17, 15) is 25.9 Å². The molecule has 0 fully saturated rings. The molecule has 0 heterocycles. The van der Waals surface area contributed by atoms with Crippen LogP contribution in [-0.4, -0.2) is 25.9 Å². The molecule has 0 aliphatic carbocycles. The fraction of sp³-hybridized carbons (Fsp3) is 0. The summed E-state index contributed by atoms with van der Waals surface area (Å²) in [6.45, 7) is 0. The highest BCUT2D eigenvalue weighted by molar-refractivity contribution is 7.86. The number of hydrogen-bond donors (Lipinski definition) is 3. The normalized spacial score (nSPS) is 12.7. The third-order valence-corrected chi connectivity index (χ3v) is 5.35. The molecule has 0 unspecified atom stereocenters. The third kappa shape index (κ3) is 4.28. The lowest BCUT2D eigenvalue weighted by molar-refractivity contribution is 0.482. The molecule has 0 atom stereocenters. The zero-order valence-electron chi connectivity index (χ0n) is 13.5. The zero-order valence-corrected chi connectivity index (χ0v) is 15.1. The molecule has 0 bridgehead atoms. The first kappa shape index (κ1) is 18.9. The molecule has 140 valence electrons. The number of nitrogen functional groups attached to an aromatic ring is 1. The average molecular weight is 407 g/mol. The number of benzene rings is 3. The Morgan fingerprint density at radius 2 is 1.33 bits per heavy atom. The second kappa shape index (κ2) is 6.70. The molecule has 0 saturated carbocycles. The molecule has 0 aliphatic rings. The van der Waals surface area contributed by atoms with E-state index in [-0.39, 0.29) is 16.5 Å². The zero-order chi connectivity index (χ0) is 19.8. The van der Waals surface area contributed by atoms with Gasteiger partial charge in [0.05, 0.1) is 16.3 Å². The Bertz CT molecular complexity index is 1270. The molecule has 0 aromatic heterocycles. The fourth-order valence-electron chi connectivity index (χ4n) is 2.37. The van der Waals surface area contributed by atoms with E-state index < -0.39 is 30.0 Å². The summed E-state index contributed by atoms with van der Waals surface area (Å²) >= 11 is 0. The second-order valence-corrected chi connectivity index (χ2v) is 8.38. The van der Waals surface area contributed by atoms with Crippen molar-refractivity contribution in [1.82, 2.24) is 0 Å². The molecule has 11 heteroatoms. The van der Waals surface area contributed by atoms with Crippen molar-refractivity contribution in [3.8, 4) is 0 Å². The van der Waals surface area contributed by atoms with Gasteiger partial charge in [0.15, 0.2) is 0 Å². The Hall–Kier alpha value is -2.86. The van der Waals surface area contributed by atoms with Gasteiger partial charge in [0, 0.05) is 11.1 Å². The monoisotopic (exact) mass is 407 g/mol. The highest BCUT2D eigenvalue weighted by atomic mass is 32.2. The molecule has 3 aromatic rings. The van der Waals surface area contributed by atoms with Crippen LogP contribution in [0.1, 0.15) is 0 Å². The molecule has 0 aliphatic heterocycles. The number of fused-ring (bicyclic) bond motifs is 1. The molecule has 0 radical (unpaired) electrons. The molecular weight excluding hydrogens is 394 g/mol. The van der Waals surface area contributed by atoms with Gasteiger partial charge in [0.25, 0.3) is 20.2 Å². The van der Waals surface area contributed by atoms with Gasteiger partial charge in [0.2, 0.25) is 0 Å². The maximum atomic E-state index is 11.7. The molecule has 0 amide bonds. The predicted octanol–water partition coefficient (Wildman–Crippen LogP) is 3.33. The van der Waals surface area contributed by atoms with Crippen molar-refractivity contribution >= 4 is 48.1 Å². The maximum Gasteiger partial charge on any atom is 0.295 e. The summed E-state index contributed by atoms with van der Waals surface area (Å²) < 4.78 is 64.6. The van der Waals surface area contributed by atoms with E-state index >= 15 is 0 Å². The quantitative estimate of drug-likeness (QED) is 0.339. The van der Waals surface area contributed by atoms with E-state index in [2.05, 4.69) is 10.2 Å². The molecule has 3 rings (SSSR count). The van der Waals surface area contributed by atoms with Gasteiger partial charge in [-0.15, -0.1) is 0 Å². The van der Waals surface area contributed by atoms with Gasteiger partial charge in [-0.05, 0) is 53.9 Å². The molecule has 0 spiro atoms. The Morgan fingerprint density at radius 1 is 0.741 bits per heavy atom. The lowest BCUT2D eigenvalue weighted by Gasteiger charge is -2.07. The first-order chi connectivity index (χ1) is 12.5. The largest absolute Gasteiger partial charge is 0.399 e. The van der Waals surface area contributed by atoms with Crippen molar-refractivity contribution in [3.63, 3.8) is 0 Å². The van der Waals surface area contributed by atoms with Crippen LogP contribution in [0.25, 0.3) is 10.8 Å². The summed E-state index contributed by atoms with van der Waals surface area (Å²) in [5.74, 6) is 0. The predicted molar refractivity (Wildman–Crippen MR) is 98.6 cm³/mol. The van der Waals surface area contributed by atoms with Crippen molar-refractivity contribution in [3.05, 3.63) is 54.6 Å². The van der Waals surface area contributed by atoms with E-state index in [1.807, 2.05) is 0 Å². The van der Waals surface area contributed by atoms with Gasteiger partial charge in [-0.1, -0.05) is 6.07 Å². The first-order valence-corrected chi connectivity index (χ1v) is 10.2. The molecular formula is C16H13N3O6S2. The van der Waals surface area contributed by atoms with E-state index in [4.69, 9.17) is 5.73 Å². The number of nitrogens with two attached hydrogens (primary N) is 1. The van der Waals surface area contributed by atoms with Crippen LogP contribution < -0.4 is 5.73 Å². The minimum Gasteiger partial charge on any atom is -0.399 e. The highest BCUT2D eigenvalue weighted by Gasteiger charge is 2.20. The fourth-order valence-corrected chi connectivity index (χ4v) is 3.71. The summed E-state index contributed by atoms with van der Waals surface area (Å²) in [6, 6.07) is 12.5. The van der Waals surface area contributed by atoms with Gasteiger partial charge in [-0.2, -0.15) is 27.1 Å². The number of anilines is 1. The topological polar surface area (TPSA) is 159 Å². The minimum absolute atomic E-state index is 0.0265. The van der Waals surface area contributed by atoms with Crippen molar-refractivity contribution < 1.29 is 25.9 Å². The Kier molecular flexibility index (Phi) is 4.70. The summed E-state index contributed by atoms with van der Waals surface area (Å²) in [5.41, 5.74) is 6.93. The smallest absolute Gasteiger partial charge is 0.295 e. The van der Waals surface area contributed by atoms with Crippen LogP contribution in [0.5, 0.6) is 0 Å². The van der Waals surface area contributed by atoms with Gasteiger partial charge in [-0.25, -0.2) is 0 Å². The standard InChI is InChI=1S/C16H13N3O6S2/c17-11-2-5-12(6-3-11)18-19-13-4-1-10-7-14(26(20,21)22)9-16(15(10)8-13)27(23,24)25/h1-9H,17H2,(H,20,21,22)(H,23,24,25). The van der Waals surface area contributed by atoms with Crippen molar-refractivity contribution in [2.75, 3.05) is 5.73 Å². The molecule has 9 nitrogen and oxygen atoms in total. The minimum atomic E-state index is -4.76. The third-order valence-electron chi connectivity index (χ3n) is 3.62. The van der Waals surface area contributed by atoms with Gasteiger partial charge >= 0.3 is 0 Å². The van der Waals surface area contributed by atoms with E-state index in [0.29, 0.717) is 17.4 Å². The molecule has 27 heavy (non-hydrogen) atoms. The SMILES string of the molecule is Nc1ccc(N=Nc2ccc3cc(S(=O)(=O)O)cc(S(=O)(=O)O)c3c2)cc1. The van der Waals surface area contributed by atoms with Crippen LogP contribution in [0.15, 0.2) is 74.6 Å². The van der Waals surface area contributed by atoms with E-state index in [1.165, 1.54) is 18.2 Å². The van der Waals surface area contributed by atoms with Crippen molar-refractivity contribution in [2.24, 2.45) is 10.2 Å². The summed E-state index contributed by atoms with van der Waals surface area (Å²) in [6.07, 6.45) is 0. The summed E-state index contributed by atoms with van der Waals surface area (Å²) in [5, 5.41) is 8.18. The van der Waals surface area contributed by atoms with Crippen LogP contribution in [0.4, 0.5) is 17.1 Å². The number of rotatable bonds is 4. The first-order valence-electron chi connectivity index (χ1n) is 7.34. The summed E-state index contributed by atoms with van der Waals surface area (Å²) in [7, 11) is -9.43. The lowest BCUT2D eigenvalue weighted by Crippen LogP contribution is -2.04.